The van der Waals surface area contributed by atoms with E-state index in [1.54, 1.807) is 0 Å². The predicted octanol–water partition coefficient (Wildman–Crippen LogP) is 0.0715. The summed E-state index contributed by atoms with van der Waals surface area (Å²) >= 11 is 0. The van der Waals surface area contributed by atoms with Crippen LogP contribution in [0.5, 0.6) is 0 Å². The van der Waals surface area contributed by atoms with Crippen molar-refractivity contribution in [1.29, 1.82) is 0 Å². The van der Waals surface area contributed by atoms with Crippen LogP contribution in [0.2, 0.25) is 0 Å². The van der Waals surface area contributed by atoms with Crippen molar-refractivity contribution in [2.45, 2.75) is 25.4 Å². The van der Waals surface area contributed by atoms with E-state index in [1.165, 1.54) is 0 Å². The summed E-state index contributed by atoms with van der Waals surface area (Å²) in [6.45, 7) is 2.30. The molecule has 3 nitrogen and oxygen atoms in total. The monoisotopic (exact) mass is 173 g/mol. The standard InChI is InChI=1S/C9H19NO2/c1-10-5-4-8(7-10)9(12)3-2-6-11/h8-9,11-12H,2-7H2,1H3. The maximum Gasteiger partial charge on any atom is 0.0581 e. The van der Waals surface area contributed by atoms with Crippen LogP contribution in [0.3, 0.4) is 0 Å². The quantitative estimate of drug-likeness (QED) is 0.632. The SMILES string of the molecule is CN1CCC(C(O)CCCO)C1. The Kier molecular flexibility index (Phi) is 3.98. The molecule has 1 fully saturated rings. The van der Waals surface area contributed by atoms with E-state index in [1.807, 2.05) is 0 Å². The molecule has 0 aromatic rings. The molecule has 0 amide bonds. The second kappa shape index (κ2) is 4.80. The van der Waals surface area contributed by atoms with Crippen LogP contribution >= 0.6 is 0 Å². The van der Waals surface area contributed by atoms with Crippen molar-refractivity contribution in [1.82, 2.24) is 4.90 Å². The third-order valence-electron chi connectivity index (χ3n) is 2.63. The molecule has 1 aliphatic heterocycles. The highest BCUT2D eigenvalue weighted by Crippen LogP contribution is 2.20. The van der Waals surface area contributed by atoms with Crippen molar-refractivity contribution in [3.05, 3.63) is 0 Å². The minimum absolute atomic E-state index is 0.194. The molecule has 0 aromatic carbocycles. The molecule has 0 aromatic heterocycles. The Balaban J connectivity index is 2.18. The molecule has 1 rings (SSSR count). The maximum atomic E-state index is 9.66. The second-order valence-corrected chi connectivity index (χ2v) is 3.74. The summed E-state index contributed by atoms with van der Waals surface area (Å²) in [5.41, 5.74) is 0. The summed E-state index contributed by atoms with van der Waals surface area (Å²) in [5, 5.41) is 18.2. The van der Waals surface area contributed by atoms with Gasteiger partial charge in [-0.05, 0) is 38.8 Å². The molecule has 1 heterocycles. The molecule has 1 saturated heterocycles. The van der Waals surface area contributed by atoms with Crippen LogP contribution in [0.4, 0.5) is 0 Å². The first-order valence-corrected chi connectivity index (χ1v) is 4.71. The van der Waals surface area contributed by atoms with Gasteiger partial charge in [-0.15, -0.1) is 0 Å². The molecule has 1 aliphatic rings. The van der Waals surface area contributed by atoms with Crippen molar-refractivity contribution in [2.75, 3.05) is 26.7 Å². The number of hydrogen-bond acceptors (Lipinski definition) is 3. The zero-order valence-electron chi connectivity index (χ0n) is 7.74. The number of likely N-dealkylation sites (tertiary alicyclic amines) is 1. The first kappa shape index (κ1) is 9.96. The van der Waals surface area contributed by atoms with E-state index in [2.05, 4.69) is 11.9 Å². The zero-order valence-corrected chi connectivity index (χ0v) is 7.74. The Labute approximate surface area is 74.0 Å². The van der Waals surface area contributed by atoms with Crippen LogP contribution in [0.15, 0.2) is 0 Å². The van der Waals surface area contributed by atoms with Crippen LogP contribution in [0, 0.1) is 5.92 Å². The minimum Gasteiger partial charge on any atom is -0.396 e. The number of aliphatic hydroxyl groups excluding tert-OH is 2. The minimum atomic E-state index is -0.206. The molecule has 0 radical (unpaired) electrons. The van der Waals surface area contributed by atoms with Gasteiger partial charge in [0.25, 0.3) is 0 Å². The van der Waals surface area contributed by atoms with Crippen molar-refractivity contribution in [2.24, 2.45) is 5.92 Å². The summed E-state index contributed by atoms with van der Waals surface area (Å²) in [5.74, 6) is 0.432. The van der Waals surface area contributed by atoms with Gasteiger partial charge in [0.15, 0.2) is 0 Å². The Hall–Kier alpha value is -0.120. The van der Waals surface area contributed by atoms with E-state index in [4.69, 9.17) is 5.11 Å². The first-order chi connectivity index (χ1) is 5.74. The lowest BCUT2D eigenvalue weighted by Crippen LogP contribution is -2.23. The lowest BCUT2D eigenvalue weighted by atomic mass is 9.98. The van der Waals surface area contributed by atoms with E-state index >= 15 is 0 Å². The molecule has 0 bridgehead atoms. The van der Waals surface area contributed by atoms with Gasteiger partial charge >= 0.3 is 0 Å². The highest BCUT2D eigenvalue weighted by atomic mass is 16.3. The lowest BCUT2D eigenvalue weighted by Gasteiger charge is -2.17. The smallest absolute Gasteiger partial charge is 0.0581 e. The van der Waals surface area contributed by atoms with Crippen molar-refractivity contribution in [3.63, 3.8) is 0 Å². The fraction of sp³-hybridized carbons (Fsp3) is 1.00. The Bertz CT molecular complexity index is 130. The van der Waals surface area contributed by atoms with E-state index in [-0.39, 0.29) is 12.7 Å². The summed E-state index contributed by atoms with van der Waals surface area (Å²) < 4.78 is 0. The highest BCUT2D eigenvalue weighted by molar-refractivity contribution is 4.78. The van der Waals surface area contributed by atoms with Gasteiger partial charge in [-0.1, -0.05) is 0 Å². The third-order valence-corrected chi connectivity index (χ3v) is 2.63. The molecule has 12 heavy (non-hydrogen) atoms. The van der Waals surface area contributed by atoms with E-state index < -0.39 is 0 Å². The Morgan fingerprint density at radius 3 is 2.83 bits per heavy atom. The molecule has 2 unspecified atom stereocenters. The third kappa shape index (κ3) is 2.73. The number of aliphatic hydroxyl groups is 2. The normalized spacial score (nSPS) is 27.8. The fourth-order valence-corrected chi connectivity index (χ4v) is 1.82. The van der Waals surface area contributed by atoms with Crippen LogP contribution in [0.1, 0.15) is 19.3 Å². The second-order valence-electron chi connectivity index (χ2n) is 3.74. The van der Waals surface area contributed by atoms with E-state index in [0.717, 1.165) is 32.4 Å². The predicted molar refractivity (Wildman–Crippen MR) is 47.9 cm³/mol. The summed E-state index contributed by atoms with van der Waals surface area (Å²) in [6.07, 6.45) is 2.36. The number of hydrogen-bond donors (Lipinski definition) is 2. The molecule has 2 atom stereocenters. The summed E-state index contributed by atoms with van der Waals surface area (Å²) in [6, 6.07) is 0. The first-order valence-electron chi connectivity index (χ1n) is 4.71. The van der Waals surface area contributed by atoms with Gasteiger partial charge in [0.05, 0.1) is 6.10 Å². The molecule has 0 aliphatic carbocycles. The average Bonchev–Trinajstić information content (AvgIpc) is 2.47. The highest BCUT2D eigenvalue weighted by Gasteiger charge is 2.25. The molecule has 0 saturated carbocycles. The molecule has 0 spiro atoms. The summed E-state index contributed by atoms with van der Waals surface area (Å²) in [4.78, 5) is 2.24. The van der Waals surface area contributed by atoms with Crippen LogP contribution in [0.25, 0.3) is 0 Å². The Morgan fingerprint density at radius 1 is 1.58 bits per heavy atom. The lowest BCUT2D eigenvalue weighted by molar-refractivity contribution is 0.0943. The molecule has 2 N–H and O–H groups in total. The summed E-state index contributed by atoms with van der Waals surface area (Å²) in [7, 11) is 2.08. The molecule has 3 heteroatoms. The van der Waals surface area contributed by atoms with Crippen LogP contribution < -0.4 is 0 Å². The van der Waals surface area contributed by atoms with Crippen LogP contribution in [-0.2, 0) is 0 Å². The molecular weight excluding hydrogens is 154 g/mol. The van der Waals surface area contributed by atoms with Gasteiger partial charge in [-0.25, -0.2) is 0 Å². The van der Waals surface area contributed by atoms with Gasteiger partial charge in [0.2, 0.25) is 0 Å². The van der Waals surface area contributed by atoms with Gasteiger partial charge in [0, 0.05) is 13.2 Å². The van der Waals surface area contributed by atoms with Gasteiger partial charge in [-0.3, -0.25) is 0 Å². The number of nitrogens with zero attached hydrogens (tertiary/aromatic N) is 1. The van der Waals surface area contributed by atoms with Gasteiger partial charge < -0.3 is 15.1 Å². The zero-order chi connectivity index (χ0) is 8.97. The van der Waals surface area contributed by atoms with Crippen LogP contribution in [-0.4, -0.2) is 48.0 Å². The van der Waals surface area contributed by atoms with Crippen molar-refractivity contribution >= 4 is 0 Å². The van der Waals surface area contributed by atoms with E-state index in [9.17, 15) is 5.11 Å². The largest absolute Gasteiger partial charge is 0.396 e. The Morgan fingerprint density at radius 2 is 2.33 bits per heavy atom. The average molecular weight is 173 g/mol. The topological polar surface area (TPSA) is 43.7 Å². The molecular formula is C9H19NO2. The van der Waals surface area contributed by atoms with E-state index in [0.29, 0.717) is 5.92 Å². The van der Waals surface area contributed by atoms with Gasteiger partial charge in [-0.2, -0.15) is 0 Å². The number of rotatable bonds is 4. The fourth-order valence-electron chi connectivity index (χ4n) is 1.82. The molecule has 72 valence electrons. The van der Waals surface area contributed by atoms with Crippen molar-refractivity contribution in [3.8, 4) is 0 Å². The van der Waals surface area contributed by atoms with Gasteiger partial charge in [0.1, 0.15) is 0 Å². The maximum absolute atomic E-state index is 9.66. The van der Waals surface area contributed by atoms with Crippen molar-refractivity contribution < 1.29 is 10.2 Å².